The van der Waals surface area contributed by atoms with Crippen molar-refractivity contribution < 1.29 is 4.79 Å². The van der Waals surface area contributed by atoms with Gasteiger partial charge in [0, 0.05) is 30.4 Å². The Labute approximate surface area is 129 Å². The maximum absolute atomic E-state index is 12.2. The molecular weight excluding hydrogens is 276 g/mol. The minimum Gasteiger partial charge on any atom is -0.309 e. The van der Waals surface area contributed by atoms with Crippen molar-refractivity contribution in [3.63, 3.8) is 0 Å². The fraction of sp³-hybridized carbons (Fsp3) is 0.235. The number of aryl methyl sites for hydroxylation is 3. The summed E-state index contributed by atoms with van der Waals surface area (Å²) in [5, 5.41) is 8.06. The van der Waals surface area contributed by atoms with E-state index in [4.69, 9.17) is 0 Å². The number of carbonyl (C=O) groups excluding carboxylic acids is 1. The third-order valence-electron chi connectivity index (χ3n) is 3.80. The number of aromatic nitrogens is 3. The summed E-state index contributed by atoms with van der Waals surface area (Å²) >= 11 is 0. The highest BCUT2D eigenvalue weighted by Crippen LogP contribution is 2.23. The molecule has 0 aliphatic heterocycles. The lowest BCUT2D eigenvalue weighted by molar-refractivity contribution is -0.115. The molecule has 0 aliphatic carbocycles. The first-order chi connectivity index (χ1) is 10.5. The number of anilines is 1. The van der Waals surface area contributed by atoms with Gasteiger partial charge in [0.05, 0.1) is 11.9 Å². The molecule has 0 radical (unpaired) electrons. The monoisotopic (exact) mass is 294 g/mol. The third kappa shape index (κ3) is 2.70. The number of amides is 1. The van der Waals surface area contributed by atoms with Gasteiger partial charge in [-0.25, -0.2) is 0 Å². The van der Waals surface area contributed by atoms with E-state index in [2.05, 4.69) is 15.4 Å². The predicted molar refractivity (Wildman–Crippen MR) is 86.8 cm³/mol. The summed E-state index contributed by atoms with van der Waals surface area (Å²) in [6, 6.07) is 9.77. The van der Waals surface area contributed by atoms with E-state index in [1.807, 2.05) is 45.2 Å². The first-order valence-electron chi connectivity index (χ1n) is 7.19. The van der Waals surface area contributed by atoms with Gasteiger partial charge in [0.1, 0.15) is 0 Å². The number of para-hydroxylation sites is 1. The number of hydrogen-bond acceptors (Lipinski definition) is 3. The Hall–Kier alpha value is -2.69. The van der Waals surface area contributed by atoms with Crippen LogP contribution in [-0.4, -0.2) is 20.7 Å². The highest BCUT2D eigenvalue weighted by molar-refractivity contribution is 5.93. The summed E-state index contributed by atoms with van der Waals surface area (Å²) in [7, 11) is 1.82. The molecule has 0 unspecified atom stereocenters. The van der Waals surface area contributed by atoms with E-state index in [0.29, 0.717) is 12.2 Å². The average molecular weight is 294 g/mol. The number of benzene rings is 1. The van der Waals surface area contributed by atoms with Crippen LogP contribution in [0.25, 0.3) is 10.9 Å². The molecule has 0 saturated carbocycles. The standard InChI is InChI=1S/C17H18N4O/c1-11-13-6-4-5-7-15(13)18-12(2)14(11)10-17(22)19-16-8-9-21(3)20-16/h4-9H,10H2,1-3H3,(H,19,20,22). The molecule has 0 aliphatic rings. The van der Waals surface area contributed by atoms with Gasteiger partial charge in [0.15, 0.2) is 5.82 Å². The second-order valence-electron chi connectivity index (χ2n) is 5.42. The van der Waals surface area contributed by atoms with E-state index in [9.17, 15) is 4.79 Å². The van der Waals surface area contributed by atoms with Crippen molar-refractivity contribution in [3.05, 3.63) is 53.3 Å². The second kappa shape index (κ2) is 5.60. The lowest BCUT2D eigenvalue weighted by Gasteiger charge is -2.12. The molecule has 5 nitrogen and oxygen atoms in total. The zero-order chi connectivity index (χ0) is 15.7. The molecule has 0 fully saturated rings. The van der Waals surface area contributed by atoms with Gasteiger partial charge in [-0.3, -0.25) is 14.5 Å². The van der Waals surface area contributed by atoms with E-state index in [0.717, 1.165) is 27.7 Å². The van der Waals surface area contributed by atoms with Crippen molar-refractivity contribution in [1.82, 2.24) is 14.8 Å². The molecule has 112 valence electrons. The number of carbonyl (C=O) groups is 1. The quantitative estimate of drug-likeness (QED) is 0.808. The number of nitrogens with zero attached hydrogens (tertiary/aromatic N) is 3. The Morgan fingerprint density at radius 1 is 1.23 bits per heavy atom. The zero-order valence-corrected chi connectivity index (χ0v) is 12.9. The van der Waals surface area contributed by atoms with Crippen LogP contribution in [-0.2, 0) is 18.3 Å². The molecule has 22 heavy (non-hydrogen) atoms. The van der Waals surface area contributed by atoms with Gasteiger partial charge in [0.2, 0.25) is 5.91 Å². The number of pyridine rings is 1. The van der Waals surface area contributed by atoms with Crippen molar-refractivity contribution in [2.45, 2.75) is 20.3 Å². The van der Waals surface area contributed by atoms with E-state index in [1.165, 1.54) is 0 Å². The summed E-state index contributed by atoms with van der Waals surface area (Å²) in [6.45, 7) is 3.99. The van der Waals surface area contributed by atoms with Crippen molar-refractivity contribution in [3.8, 4) is 0 Å². The van der Waals surface area contributed by atoms with Gasteiger partial charge in [0.25, 0.3) is 0 Å². The normalized spacial score (nSPS) is 10.9. The fourth-order valence-corrected chi connectivity index (χ4v) is 2.66. The molecule has 2 aromatic heterocycles. The molecule has 1 amide bonds. The Kier molecular flexibility index (Phi) is 3.63. The summed E-state index contributed by atoms with van der Waals surface area (Å²) < 4.78 is 1.66. The number of rotatable bonds is 3. The molecule has 3 aromatic rings. The van der Waals surface area contributed by atoms with Crippen LogP contribution >= 0.6 is 0 Å². The molecular formula is C17H18N4O. The fourth-order valence-electron chi connectivity index (χ4n) is 2.66. The van der Waals surface area contributed by atoms with E-state index in [1.54, 1.807) is 16.9 Å². The van der Waals surface area contributed by atoms with Crippen LogP contribution < -0.4 is 5.32 Å². The van der Waals surface area contributed by atoms with Crippen LogP contribution in [0, 0.1) is 13.8 Å². The van der Waals surface area contributed by atoms with Gasteiger partial charge in [-0.15, -0.1) is 0 Å². The van der Waals surface area contributed by atoms with Crippen LogP contribution in [0.15, 0.2) is 36.5 Å². The van der Waals surface area contributed by atoms with E-state index >= 15 is 0 Å². The van der Waals surface area contributed by atoms with Crippen molar-refractivity contribution in [1.29, 1.82) is 0 Å². The lowest BCUT2D eigenvalue weighted by Crippen LogP contribution is -2.17. The molecule has 5 heteroatoms. The predicted octanol–water partition coefficient (Wildman–Crippen LogP) is 2.77. The summed E-state index contributed by atoms with van der Waals surface area (Å²) in [4.78, 5) is 16.8. The topological polar surface area (TPSA) is 59.8 Å². The molecule has 0 spiro atoms. The first kappa shape index (κ1) is 14.3. The molecule has 0 saturated heterocycles. The smallest absolute Gasteiger partial charge is 0.230 e. The Morgan fingerprint density at radius 3 is 2.73 bits per heavy atom. The Balaban J connectivity index is 1.88. The Bertz CT molecular complexity index is 851. The highest BCUT2D eigenvalue weighted by atomic mass is 16.1. The van der Waals surface area contributed by atoms with Gasteiger partial charge in [-0.2, -0.15) is 5.10 Å². The molecule has 0 bridgehead atoms. The van der Waals surface area contributed by atoms with Crippen molar-refractivity contribution in [2.24, 2.45) is 7.05 Å². The largest absolute Gasteiger partial charge is 0.309 e. The molecule has 0 atom stereocenters. The van der Waals surface area contributed by atoms with Gasteiger partial charge < -0.3 is 5.32 Å². The molecule has 2 heterocycles. The minimum atomic E-state index is -0.0815. The number of nitrogens with one attached hydrogen (secondary N) is 1. The number of hydrogen-bond donors (Lipinski definition) is 1. The highest BCUT2D eigenvalue weighted by Gasteiger charge is 2.13. The van der Waals surface area contributed by atoms with Gasteiger partial charge in [-0.05, 0) is 31.0 Å². The van der Waals surface area contributed by atoms with Crippen molar-refractivity contribution in [2.75, 3.05) is 5.32 Å². The Morgan fingerprint density at radius 2 is 2.00 bits per heavy atom. The number of fused-ring (bicyclic) bond motifs is 1. The maximum atomic E-state index is 12.2. The minimum absolute atomic E-state index is 0.0815. The first-order valence-corrected chi connectivity index (χ1v) is 7.19. The van der Waals surface area contributed by atoms with Crippen LogP contribution in [0.5, 0.6) is 0 Å². The summed E-state index contributed by atoms with van der Waals surface area (Å²) in [5.74, 6) is 0.485. The van der Waals surface area contributed by atoms with Gasteiger partial charge >= 0.3 is 0 Å². The van der Waals surface area contributed by atoms with Crippen LogP contribution in [0.2, 0.25) is 0 Å². The molecule has 1 N–H and O–H groups in total. The molecule has 1 aromatic carbocycles. The lowest BCUT2D eigenvalue weighted by atomic mass is 9.99. The zero-order valence-electron chi connectivity index (χ0n) is 12.9. The van der Waals surface area contributed by atoms with Crippen LogP contribution in [0.1, 0.15) is 16.8 Å². The average Bonchev–Trinajstić information content (AvgIpc) is 2.88. The van der Waals surface area contributed by atoms with E-state index in [-0.39, 0.29) is 5.91 Å². The van der Waals surface area contributed by atoms with Gasteiger partial charge in [-0.1, -0.05) is 18.2 Å². The second-order valence-corrected chi connectivity index (χ2v) is 5.42. The SMILES string of the molecule is Cc1nc2ccccc2c(C)c1CC(=O)Nc1ccn(C)n1. The summed E-state index contributed by atoms with van der Waals surface area (Å²) in [6.07, 6.45) is 2.09. The summed E-state index contributed by atoms with van der Waals surface area (Å²) in [5.41, 5.74) is 3.95. The van der Waals surface area contributed by atoms with Crippen LogP contribution in [0.3, 0.4) is 0 Å². The van der Waals surface area contributed by atoms with E-state index < -0.39 is 0 Å². The maximum Gasteiger partial charge on any atom is 0.230 e. The third-order valence-corrected chi connectivity index (χ3v) is 3.80. The molecule has 3 rings (SSSR count). The van der Waals surface area contributed by atoms with Crippen LogP contribution in [0.4, 0.5) is 5.82 Å². The van der Waals surface area contributed by atoms with Crippen molar-refractivity contribution >= 4 is 22.6 Å².